The Labute approximate surface area is 107 Å². The van der Waals surface area contributed by atoms with Gasteiger partial charge in [-0.1, -0.05) is 18.0 Å². The number of carbonyl (C=O) groups excluding carboxylic acids is 1. The quantitative estimate of drug-likeness (QED) is 0.536. The fourth-order valence-corrected chi connectivity index (χ4v) is 3.27. The van der Waals surface area contributed by atoms with Crippen LogP contribution in [0.1, 0.15) is 25.7 Å². The largest absolute Gasteiger partial charge is 0.392 e. The van der Waals surface area contributed by atoms with E-state index in [1.165, 1.54) is 0 Å². The van der Waals surface area contributed by atoms with Crippen molar-refractivity contribution in [3.05, 3.63) is 0 Å². The van der Waals surface area contributed by atoms with E-state index in [9.17, 15) is 22.4 Å². The minimum absolute atomic E-state index is 0.0247. The highest BCUT2D eigenvalue weighted by atomic mass is 35.5. The predicted molar refractivity (Wildman–Crippen MR) is 57.8 cm³/mol. The van der Waals surface area contributed by atoms with Gasteiger partial charge in [-0.3, -0.25) is 4.79 Å². The van der Waals surface area contributed by atoms with Crippen molar-refractivity contribution in [2.75, 3.05) is 13.1 Å². The van der Waals surface area contributed by atoms with E-state index in [1.54, 1.807) is 0 Å². The van der Waals surface area contributed by atoms with Crippen molar-refractivity contribution in [1.82, 2.24) is 4.90 Å². The van der Waals surface area contributed by atoms with Crippen molar-refractivity contribution >= 4 is 17.5 Å². The molecule has 1 aliphatic heterocycles. The van der Waals surface area contributed by atoms with Crippen LogP contribution in [-0.4, -0.2) is 35.7 Å². The lowest BCUT2D eigenvalue weighted by Gasteiger charge is -2.54. The van der Waals surface area contributed by atoms with Gasteiger partial charge in [-0.15, -0.1) is 0 Å². The third kappa shape index (κ3) is 2.31. The zero-order valence-electron chi connectivity index (χ0n) is 9.64. The molecular formula is C11H14ClF4NO. The number of halogens is 5. The molecule has 1 aliphatic carbocycles. The summed E-state index contributed by atoms with van der Waals surface area (Å²) in [5.41, 5.74) is -3.07. The van der Waals surface area contributed by atoms with Gasteiger partial charge in [0.15, 0.2) is 0 Å². The van der Waals surface area contributed by atoms with E-state index in [4.69, 9.17) is 11.6 Å². The summed E-state index contributed by atoms with van der Waals surface area (Å²) in [5.74, 6) is -2.29. The third-order valence-corrected chi connectivity index (χ3v) is 4.36. The number of carbonyl (C=O) groups is 1. The van der Waals surface area contributed by atoms with E-state index in [-0.39, 0.29) is 19.5 Å². The first kappa shape index (κ1) is 13.9. The van der Waals surface area contributed by atoms with Crippen molar-refractivity contribution in [1.29, 1.82) is 0 Å². The Bertz CT molecular complexity index is 340. The van der Waals surface area contributed by atoms with Gasteiger partial charge in [0.2, 0.25) is 0 Å². The zero-order valence-corrected chi connectivity index (χ0v) is 10.4. The maximum Gasteiger partial charge on any atom is 0.392 e. The average Bonchev–Trinajstić information content (AvgIpc) is 2.23. The molecule has 1 amide bonds. The molecule has 0 radical (unpaired) electrons. The summed E-state index contributed by atoms with van der Waals surface area (Å²) in [6, 6.07) is 0. The molecule has 0 aromatic heterocycles. The molecule has 1 heterocycles. The van der Waals surface area contributed by atoms with Crippen molar-refractivity contribution in [3.8, 4) is 0 Å². The molecule has 7 heteroatoms. The molecule has 2 nitrogen and oxygen atoms in total. The van der Waals surface area contributed by atoms with Gasteiger partial charge in [0.1, 0.15) is 0 Å². The van der Waals surface area contributed by atoms with E-state index in [0.717, 1.165) is 11.3 Å². The van der Waals surface area contributed by atoms with Crippen molar-refractivity contribution in [2.24, 2.45) is 11.3 Å². The first-order chi connectivity index (χ1) is 8.26. The number of alkyl halides is 5. The Morgan fingerprint density at radius 2 is 2.00 bits per heavy atom. The van der Waals surface area contributed by atoms with Crippen LogP contribution < -0.4 is 0 Å². The number of amides is 1. The fraction of sp³-hybridized carbons (Fsp3) is 0.909. The average molecular weight is 288 g/mol. The monoisotopic (exact) mass is 287 g/mol. The molecular weight excluding hydrogens is 274 g/mol. The lowest BCUT2D eigenvalue weighted by Crippen LogP contribution is -2.58. The van der Waals surface area contributed by atoms with Crippen LogP contribution in [0.2, 0.25) is 0 Å². The highest BCUT2D eigenvalue weighted by Gasteiger charge is 2.58. The first-order valence-corrected chi connectivity index (χ1v) is 6.33. The highest BCUT2D eigenvalue weighted by Crippen LogP contribution is 2.56. The standard InChI is InChI=1S/C11H14ClF4NO/c12-8(13)9(18)17-5-2-7(11(14,15)16)10(6-17)3-1-4-10/h7-8H,1-6H2. The molecule has 18 heavy (non-hydrogen) atoms. The van der Waals surface area contributed by atoms with Crippen LogP contribution in [-0.2, 0) is 4.79 Å². The van der Waals surface area contributed by atoms with Gasteiger partial charge in [0.25, 0.3) is 11.5 Å². The Kier molecular flexibility index (Phi) is 3.51. The zero-order chi connectivity index (χ0) is 13.6. The Morgan fingerprint density at radius 3 is 2.39 bits per heavy atom. The smallest absolute Gasteiger partial charge is 0.338 e. The Hall–Kier alpha value is -0.520. The van der Waals surface area contributed by atoms with E-state index in [0.29, 0.717) is 12.8 Å². The van der Waals surface area contributed by atoms with Crippen LogP contribution in [0.5, 0.6) is 0 Å². The first-order valence-electron chi connectivity index (χ1n) is 5.90. The summed E-state index contributed by atoms with van der Waals surface area (Å²) in [7, 11) is 0. The fourth-order valence-electron chi connectivity index (χ4n) is 3.13. The van der Waals surface area contributed by atoms with Gasteiger partial charge < -0.3 is 4.90 Å². The molecule has 2 rings (SSSR count). The molecule has 2 unspecified atom stereocenters. The maximum absolute atomic E-state index is 12.9. The molecule has 0 N–H and O–H groups in total. The normalized spacial score (nSPS) is 28.9. The third-order valence-electron chi connectivity index (χ3n) is 4.18. The minimum atomic E-state index is -4.24. The molecule has 0 aromatic rings. The summed E-state index contributed by atoms with van der Waals surface area (Å²) in [5, 5.41) is 0. The minimum Gasteiger partial charge on any atom is -0.338 e. The van der Waals surface area contributed by atoms with Gasteiger partial charge >= 0.3 is 6.18 Å². The molecule has 2 aliphatic rings. The van der Waals surface area contributed by atoms with Crippen LogP contribution in [0.4, 0.5) is 17.6 Å². The molecule has 104 valence electrons. The number of piperidine rings is 1. The van der Waals surface area contributed by atoms with Crippen LogP contribution in [0.15, 0.2) is 0 Å². The van der Waals surface area contributed by atoms with Crippen molar-refractivity contribution < 1.29 is 22.4 Å². The van der Waals surface area contributed by atoms with Crippen molar-refractivity contribution in [2.45, 2.75) is 37.5 Å². The summed E-state index contributed by atoms with van der Waals surface area (Å²) >= 11 is 5.06. The molecule has 1 saturated carbocycles. The lowest BCUT2D eigenvalue weighted by molar-refractivity contribution is -0.237. The number of hydrogen-bond acceptors (Lipinski definition) is 1. The second-order valence-electron chi connectivity index (χ2n) is 5.16. The summed E-state index contributed by atoms with van der Waals surface area (Å²) in [6.07, 6.45) is -2.78. The number of rotatable bonds is 1. The molecule has 0 aromatic carbocycles. The second-order valence-corrected chi connectivity index (χ2v) is 5.54. The van der Waals surface area contributed by atoms with E-state index >= 15 is 0 Å². The van der Waals surface area contributed by atoms with Crippen LogP contribution in [0.3, 0.4) is 0 Å². The number of likely N-dealkylation sites (tertiary alicyclic amines) is 1. The predicted octanol–water partition coefficient (Wildman–Crippen LogP) is 3.10. The summed E-state index contributed by atoms with van der Waals surface area (Å²) in [6.45, 7) is -0.0962. The van der Waals surface area contributed by atoms with Gasteiger partial charge in [-0.25, -0.2) is 4.39 Å². The van der Waals surface area contributed by atoms with Gasteiger partial charge in [-0.05, 0) is 24.7 Å². The van der Waals surface area contributed by atoms with Crippen LogP contribution in [0.25, 0.3) is 0 Å². The topological polar surface area (TPSA) is 20.3 Å². The summed E-state index contributed by atoms with van der Waals surface area (Å²) < 4.78 is 51.6. The van der Waals surface area contributed by atoms with Crippen LogP contribution in [0, 0.1) is 11.3 Å². The van der Waals surface area contributed by atoms with Gasteiger partial charge in [0, 0.05) is 13.1 Å². The van der Waals surface area contributed by atoms with E-state index in [2.05, 4.69) is 0 Å². The maximum atomic E-state index is 12.9. The molecule has 1 saturated heterocycles. The van der Waals surface area contributed by atoms with E-state index in [1.807, 2.05) is 0 Å². The van der Waals surface area contributed by atoms with E-state index < -0.39 is 29.0 Å². The Balaban J connectivity index is 2.13. The Morgan fingerprint density at radius 1 is 1.39 bits per heavy atom. The van der Waals surface area contributed by atoms with Crippen LogP contribution >= 0.6 is 11.6 Å². The SMILES string of the molecule is O=C(C(F)Cl)N1CCC(C(F)(F)F)C2(CCC2)C1. The molecule has 2 fully saturated rings. The second kappa shape index (κ2) is 4.54. The van der Waals surface area contributed by atoms with Gasteiger partial charge in [-0.2, -0.15) is 13.2 Å². The number of nitrogens with zero attached hydrogens (tertiary/aromatic N) is 1. The van der Waals surface area contributed by atoms with Gasteiger partial charge in [0.05, 0.1) is 5.92 Å². The highest BCUT2D eigenvalue weighted by molar-refractivity contribution is 6.29. The summed E-state index contributed by atoms with van der Waals surface area (Å²) in [4.78, 5) is 12.6. The molecule has 0 bridgehead atoms. The number of hydrogen-bond donors (Lipinski definition) is 0. The lowest BCUT2D eigenvalue weighted by atomic mass is 9.58. The van der Waals surface area contributed by atoms with Crippen molar-refractivity contribution in [3.63, 3.8) is 0 Å². The molecule has 2 atom stereocenters. The molecule has 1 spiro atoms.